The summed E-state index contributed by atoms with van der Waals surface area (Å²) in [5.74, 6) is -1.60. The van der Waals surface area contributed by atoms with Crippen LogP contribution in [0, 0.1) is 5.82 Å². The third kappa shape index (κ3) is 5.20. The maximum absolute atomic E-state index is 12.9. The van der Waals surface area contributed by atoms with Crippen molar-refractivity contribution in [2.24, 2.45) is 0 Å². The molecule has 138 valence electrons. The van der Waals surface area contributed by atoms with E-state index < -0.39 is 23.8 Å². The Bertz CT molecular complexity index is 746. The molecule has 6 nitrogen and oxygen atoms in total. The molecule has 0 aromatic heterocycles. The number of nitrogens with one attached hydrogen (secondary N) is 1. The van der Waals surface area contributed by atoms with Gasteiger partial charge in [-0.1, -0.05) is 12.1 Å². The molecule has 2 rings (SSSR count). The summed E-state index contributed by atoms with van der Waals surface area (Å²) in [6.45, 7) is 1.50. The van der Waals surface area contributed by atoms with E-state index in [0.717, 1.165) is 5.56 Å². The van der Waals surface area contributed by atoms with Gasteiger partial charge in [-0.15, -0.1) is 0 Å². The second kappa shape index (κ2) is 8.84. The molecule has 2 atom stereocenters. The molecule has 0 saturated heterocycles. The maximum Gasteiger partial charge on any atom is 0.346 e. The molecule has 0 aliphatic heterocycles. The molecular formula is C19H20FNO5. The Morgan fingerprint density at radius 3 is 2.19 bits per heavy atom. The lowest BCUT2D eigenvalue weighted by atomic mass is 10.0. The van der Waals surface area contributed by atoms with E-state index in [-0.39, 0.29) is 18.2 Å². The predicted molar refractivity (Wildman–Crippen MR) is 92.9 cm³/mol. The summed E-state index contributed by atoms with van der Waals surface area (Å²) in [5.41, 5.74) is 0.773. The van der Waals surface area contributed by atoms with Gasteiger partial charge in [0, 0.05) is 0 Å². The van der Waals surface area contributed by atoms with E-state index in [1.165, 1.54) is 24.3 Å². The molecule has 1 amide bonds. The maximum atomic E-state index is 12.9. The van der Waals surface area contributed by atoms with Gasteiger partial charge in [0.2, 0.25) is 12.0 Å². The topological polar surface area (TPSA) is 84.9 Å². The zero-order chi connectivity index (χ0) is 19.1. The number of carboxylic acids is 1. The minimum Gasteiger partial charge on any atom is -0.497 e. The van der Waals surface area contributed by atoms with Crippen LogP contribution in [0.3, 0.4) is 0 Å². The molecule has 2 aromatic rings. The van der Waals surface area contributed by atoms with Crippen molar-refractivity contribution in [3.05, 3.63) is 59.9 Å². The van der Waals surface area contributed by atoms with E-state index >= 15 is 0 Å². The monoisotopic (exact) mass is 361 g/mol. The molecule has 0 heterocycles. The summed E-state index contributed by atoms with van der Waals surface area (Å²) in [6, 6.07) is 12.0. The second-order valence-electron chi connectivity index (χ2n) is 5.64. The van der Waals surface area contributed by atoms with Crippen LogP contribution in [0.1, 0.15) is 18.4 Å². The van der Waals surface area contributed by atoms with Gasteiger partial charge in [0.15, 0.2) is 0 Å². The van der Waals surface area contributed by atoms with Gasteiger partial charge in [-0.25, -0.2) is 9.18 Å². The van der Waals surface area contributed by atoms with Crippen molar-refractivity contribution >= 4 is 11.9 Å². The Balaban J connectivity index is 1.95. The Kier molecular flexibility index (Phi) is 6.54. The van der Waals surface area contributed by atoms with E-state index in [1.54, 1.807) is 38.3 Å². The molecule has 0 bridgehead atoms. The fourth-order valence-corrected chi connectivity index (χ4v) is 2.25. The van der Waals surface area contributed by atoms with Crippen LogP contribution >= 0.6 is 0 Å². The van der Waals surface area contributed by atoms with Crippen LogP contribution in [0.25, 0.3) is 0 Å². The summed E-state index contributed by atoms with van der Waals surface area (Å²) in [4.78, 5) is 23.6. The average molecular weight is 361 g/mol. The number of aliphatic carboxylic acids is 1. The van der Waals surface area contributed by atoms with Crippen molar-refractivity contribution in [1.82, 2.24) is 5.32 Å². The molecule has 2 aromatic carbocycles. The van der Waals surface area contributed by atoms with Crippen LogP contribution in [0.15, 0.2) is 48.5 Å². The van der Waals surface area contributed by atoms with Crippen molar-refractivity contribution in [3.8, 4) is 11.5 Å². The number of halogens is 1. The molecule has 0 saturated carbocycles. The largest absolute Gasteiger partial charge is 0.497 e. The number of methoxy groups -OCH3 is 1. The van der Waals surface area contributed by atoms with Gasteiger partial charge in [-0.2, -0.15) is 0 Å². The molecule has 2 unspecified atom stereocenters. The first-order valence-electron chi connectivity index (χ1n) is 7.97. The van der Waals surface area contributed by atoms with Crippen molar-refractivity contribution in [3.63, 3.8) is 0 Å². The zero-order valence-electron chi connectivity index (χ0n) is 14.4. The SMILES string of the molecule is COc1ccc(C(C)C(=O)NCC(Oc2ccc(F)cc2)C(=O)O)cc1. The summed E-state index contributed by atoms with van der Waals surface area (Å²) in [7, 11) is 1.55. The third-order valence-electron chi connectivity index (χ3n) is 3.84. The zero-order valence-corrected chi connectivity index (χ0v) is 14.4. The molecule has 0 radical (unpaired) electrons. The number of ether oxygens (including phenoxy) is 2. The highest BCUT2D eigenvalue weighted by Crippen LogP contribution is 2.19. The number of carboxylic acid groups (broad SMARTS) is 1. The van der Waals surface area contributed by atoms with Crippen molar-refractivity contribution in [2.75, 3.05) is 13.7 Å². The summed E-state index contributed by atoms with van der Waals surface area (Å²) in [5, 5.41) is 11.8. The number of amides is 1. The van der Waals surface area contributed by atoms with Gasteiger partial charge in [0.05, 0.1) is 19.6 Å². The van der Waals surface area contributed by atoms with Crippen LogP contribution < -0.4 is 14.8 Å². The van der Waals surface area contributed by atoms with Crippen LogP contribution in [0.2, 0.25) is 0 Å². The van der Waals surface area contributed by atoms with E-state index in [1.807, 2.05) is 0 Å². The Morgan fingerprint density at radius 1 is 1.08 bits per heavy atom. The number of hydrogen-bond donors (Lipinski definition) is 2. The lowest BCUT2D eigenvalue weighted by Gasteiger charge is -2.18. The Labute approximate surface area is 150 Å². The van der Waals surface area contributed by atoms with Gasteiger partial charge >= 0.3 is 5.97 Å². The van der Waals surface area contributed by atoms with E-state index in [9.17, 15) is 19.1 Å². The fourth-order valence-electron chi connectivity index (χ4n) is 2.25. The smallest absolute Gasteiger partial charge is 0.346 e. The second-order valence-corrected chi connectivity index (χ2v) is 5.64. The first kappa shape index (κ1) is 19.2. The molecule has 2 N–H and O–H groups in total. The van der Waals surface area contributed by atoms with Gasteiger partial charge in [0.25, 0.3) is 0 Å². The normalized spacial score (nSPS) is 12.7. The average Bonchev–Trinajstić information content (AvgIpc) is 2.65. The van der Waals surface area contributed by atoms with E-state index in [4.69, 9.17) is 9.47 Å². The van der Waals surface area contributed by atoms with Crippen LogP contribution in [0.5, 0.6) is 11.5 Å². The highest BCUT2D eigenvalue weighted by molar-refractivity contribution is 5.84. The molecule has 0 aliphatic rings. The number of benzene rings is 2. The van der Waals surface area contributed by atoms with Crippen LogP contribution in [0.4, 0.5) is 4.39 Å². The highest BCUT2D eigenvalue weighted by Gasteiger charge is 2.22. The Hall–Kier alpha value is -3.09. The van der Waals surface area contributed by atoms with Crippen LogP contribution in [-0.2, 0) is 9.59 Å². The fraction of sp³-hybridized carbons (Fsp3) is 0.263. The minimum absolute atomic E-state index is 0.205. The minimum atomic E-state index is -1.28. The number of carbonyl (C=O) groups is 2. The summed E-state index contributed by atoms with van der Waals surface area (Å²) in [6.07, 6.45) is -1.28. The lowest BCUT2D eigenvalue weighted by Crippen LogP contribution is -2.41. The van der Waals surface area contributed by atoms with E-state index in [2.05, 4.69) is 5.32 Å². The lowest BCUT2D eigenvalue weighted by molar-refractivity contribution is -0.145. The van der Waals surface area contributed by atoms with Crippen molar-refractivity contribution < 1.29 is 28.6 Å². The summed E-state index contributed by atoms with van der Waals surface area (Å²) >= 11 is 0. The number of rotatable bonds is 8. The van der Waals surface area contributed by atoms with Gasteiger partial charge in [-0.05, 0) is 48.9 Å². The first-order chi connectivity index (χ1) is 12.4. The molecular weight excluding hydrogens is 341 g/mol. The van der Waals surface area contributed by atoms with Crippen molar-refractivity contribution in [1.29, 1.82) is 0 Å². The molecule has 0 fully saturated rings. The van der Waals surface area contributed by atoms with Gasteiger partial charge < -0.3 is 19.9 Å². The number of carbonyl (C=O) groups excluding carboxylic acids is 1. The highest BCUT2D eigenvalue weighted by atomic mass is 19.1. The van der Waals surface area contributed by atoms with Gasteiger partial charge in [0.1, 0.15) is 17.3 Å². The Morgan fingerprint density at radius 2 is 1.65 bits per heavy atom. The van der Waals surface area contributed by atoms with Gasteiger partial charge in [-0.3, -0.25) is 4.79 Å². The predicted octanol–water partition coefficient (Wildman–Crippen LogP) is 2.59. The van der Waals surface area contributed by atoms with E-state index in [0.29, 0.717) is 5.75 Å². The first-order valence-corrected chi connectivity index (χ1v) is 7.97. The molecule has 0 spiro atoms. The van der Waals surface area contributed by atoms with Crippen molar-refractivity contribution in [2.45, 2.75) is 18.9 Å². The quantitative estimate of drug-likeness (QED) is 0.755. The molecule has 26 heavy (non-hydrogen) atoms. The van der Waals surface area contributed by atoms with Crippen LogP contribution in [-0.4, -0.2) is 36.7 Å². The third-order valence-corrected chi connectivity index (χ3v) is 3.84. The molecule has 7 heteroatoms. The number of hydrogen-bond acceptors (Lipinski definition) is 4. The standard InChI is InChI=1S/C19H20FNO5/c1-12(13-3-7-15(25-2)8-4-13)18(22)21-11-17(19(23)24)26-16-9-5-14(20)6-10-16/h3-10,12,17H,11H2,1-2H3,(H,21,22)(H,23,24). The summed E-state index contributed by atoms with van der Waals surface area (Å²) < 4.78 is 23.3. The molecule has 0 aliphatic carbocycles.